The molecule has 0 aliphatic carbocycles. The number of rotatable bonds is 2. The largest absolute Gasteiger partial charge is 0.385 e. The number of nitrogens with zero attached hydrogens (tertiary/aromatic N) is 1. The fourth-order valence-corrected chi connectivity index (χ4v) is 4.65. The minimum Gasteiger partial charge on any atom is -0.385 e. The lowest BCUT2D eigenvalue weighted by Crippen LogP contribution is -2.27. The van der Waals surface area contributed by atoms with Crippen LogP contribution in [-0.4, -0.2) is 30.4 Å². The summed E-state index contributed by atoms with van der Waals surface area (Å²) in [7, 11) is 0. The molecular weight excluding hydrogens is 304 g/mol. The number of hydrogen-bond donors (Lipinski definition) is 1. The Hall–Kier alpha value is -1.81. The van der Waals surface area contributed by atoms with Crippen molar-refractivity contribution in [2.75, 3.05) is 25.0 Å². The molecule has 1 fully saturated rings. The molecule has 1 aromatic heterocycles. The Morgan fingerprint density at radius 2 is 2.00 bits per heavy atom. The predicted octanol–water partition coefficient (Wildman–Crippen LogP) is 4.32. The van der Waals surface area contributed by atoms with Crippen LogP contribution < -0.4 is 5.32 Å². The highest BCUT2D eigenvalue weighted by Gasteiger charge is 2.23. The van der Waals surface area contributed by atoms with Gasteiger partial charge in [-0.25, -0.2) is 0 Å². The van der Waals surface area contributed by atoms with Crippen LogP contribution in [0.3, 0.4) is 0 Å². The van der Waals surface area contributed by atoms with Crippen molar-refractivity contribution in [2.24, 2.45) is 0 Å². The van der Waals surface area contributed by atoms with Crippen LogP contribution in [0.25, 0.3) is 10.4 Å². The van der Waals surface area contributed by atoms with Crippen molar-refractivity contribution < 1.29 is 4.79 Å². The van der Waals surface area contributed by atoms with E-state index in [1.165, 1.54) is 28.1 Å². The first kappa shape index (κ1) is 14.8. The first-order valence-electron chi connectivity index (χ1n) is 8.49. The van der Waals surface area contributed by atoms with Crippen LogP contribution in [0, 0.1) is 6.92 Å². The second kappa shape index (κ2) is 6.00. The molecule has 1 aromatic carbocycles. The van der Waals surface area contributed by atoms with Crippen LogP contribution in [-0.2, 0) is 6.42 Å². The van der Waals surface area contributed by atoms with Crippen molar-refractivity contribution in [2.45, 2.75) is 32.6 Å². The Balaban J connectivity index is 1.65. The molecule has 120 valence electrons. The van der Waals surface area contributed by atoms with Gasteiger partial charge in [-0.2, -0.15) is 0 Å². The summed E-state index contributed by atoms with van der Waals surface area (Å²) in [6.45, 7) is 4.93. The van der Waals surface area contributed by atoms with E-state index >= 15 is 0 Å². The van der Waals surface area contributed by atoms with Gasteiger partial charge < -0.3 is 10.2 Å². The van der Waals surface area contributed by atoms with Crippen LogP contribution in [0.2, 0.25) is 0 Å². The van der Waals surface area contributed by atoms with E-state index in [9.17, 15) is 4.79 Å². The summed E-state index contributed by atoms with van der Waals surface area (Å²) < 4.78 is 0. The van der Waals surface area contributed by atoms with Crippen molar-refractivity contribution in [3.63, 3.8) is 0 Å². The zero-order chi connectivity index (χ0) is 15.8. The van der Waals surface area contributed by atoms with Gasteiger partial charge in [0.25, 0.3) is 5.91 Å². The predicted molar refractivity (Wildman–Crippen MR) is 96.4 cm³/mol. The van der Waals surface area contributed by atoms with Crippen LogP contribution >= 0.6 is 11.3 Å². The Morgan fingerprint density at radius 3 is 2.83 bits per heavy atom. The molecule has 2 aromatic rings. The van der Waals surface area contributed by atoms with E-state index < -0.39 is 0 Å². The normalized spacial score (nSPS) is 17.0. The number of amides is 1. The van der Waals surface area contributed by atoms with Crippen molar-refractivity contribution in [3.8, 4) is 10.4 Å². The number of aryl methyl sites for hydroxylation is 2. The molecule has 0 atom stereocenters. The highest BCUT2D eigenvalue weighted by atomic mass is 32.1. The van der Waals surface area contributed by atoms with Gasteiger partial charge in [-0.15, -0.1) is 11.3 Å². The molecule has 0 unspecified atom stereocenters. The van der Waals surface area contributed by atoms with E-state index in [-0.39, 0.29) is 5.91 Å². The topological polar surface area (TPSA) is 32.3 Å². The second-order valence-corrected chi connectivity index (χ2v) is 7.58. The molecule has 3 heterocycles. The monoisotopic (exact) mass is 326 g/mol. The molecule has 0 saturated carbocycles. The van der Waals surface area contributed by atoms with Gasteiger partial charge in [-0.3, -0.25) is 4.79 Å². The van der Waals surface area contributed by atoms with E-state index in [0.717, 1.165) is 49.3 Å². The van der Waals surface area contributed by atoms with Crippen LogP contribution in [0.15, 0.2) is 24.3 Å². The number of carbonyl (C=O) groups excluding carboxylic acids is 1. The Morgan fingerprint density at radius 1 is 1.17 bits per heavy atom. The smallest absolute Gasteiger partial charge is 0.264 e. The van der Waals surface area contributed by atoms with E-state index in [1.54, 1.807) is 11.3 Å². The van der Waals surface area contributed by atoms with Gasteiger partial charge in [-0.1, -0.05) is 12.1 Å². The first-order chi connectivity index (χ1) is 11.2. The molecule has 1 saturated heterocycles. The van der Waals surface area contributed by atoms with E-state index in [2.05, 4.69) is 36.5 Å². The number of likely N-dealkylation sites (tertiary alicyclic amines) is 1. The Bertz CT molecular complexity index is 744. The molecule has 2 aliphatic rings. The van der Waals surface area contributed by atoms with Crippen molar-refractivity contribution in [3.05, 3.63) is 40.3 Å². The molecule has 1 amide bonds. The van der Waals surface area contributed by atoms with Crippen molar-refractivity contribution in [1.82, 2.24) is 4.90 Å². The highest BCUT2D eigenvalue weighted by Crippen LogP contribution is 2.35. The number of nitrogens with one attached hydrogen (secondary N) is 1. The van der Waals surface area contributed by atoms with Gasteiger partial charge in [0.2, 0.25) is 0 Å². The fraction of sp³-hybridized carbons (Fsp3) is 0.421. The minimum absolute atomic E-state index is 0.215. The number of hydrogen-bond acceptors (Lipinski definition) is 3. The summed E-state index contributed by atoms with van der Waals surface area (Å²) in [6.07, 6.45) is 4.64. The maximum Gasteiger partial charge on any atom is 0.264 e. The molecule has 3 nitrogen and oxygen atoms in total. The summed E-state index contributed by atoms with van der Waals surface area (Å²) in [5, 5.41) is 3.49. The molecule has 1 N–H and O–H groups in total. The number of fused-ring (bicyclic) bond motifs is 1. The number of carbonyl (C=O) groups is 1. The number of benzene rings is 1. The summed E-state index contributed by atoms with van der Waals surface area (Å²) >= 11 is 1.64. The maximum absolute atomic E-state index is 12.7. The van der Waals surface area contributed by atoms with Crippen molar-refractivity contribution in [1.29, 1.82) is 0 Å². The minimum atomic E-state index is 0.215. The van der Waals surface area contributed by atoms with Gasteiger partial charge in [-0.05, 0) is 61.4 Å². The fourth-order valence-electron chi connectivity index (χ4n) is 3.51. The van der Waals surface area contributed by atoms with Crippen molar-refractivity contribution >= 4 is 22.9 Å². The zero-order valence-corrected chi connectivity index (χ0v) is 14.3. The number of thiophene rings is 1. The number of anilines is 1. The molecule has 4 rings (SSSR count). The summed E-state index contributed by atoms with van der Waals surface area (Å²) in [6, 6.07) is 8.83. The summed E-state index contributed by atoms with van der Waals surface area (Å²) in [5.74, 6) is 0.215. The SMILES string of the molecule is Cc1cc(-c2ccc3c(c2)NCCC3)sc1C(=O)N1CCCC1. The average molecular weight is 326 g/mol. The quantitative estimate of drug-likeness (QED) is 0.891. The standard InChI is InChI=1S/C19H22N2OS/c1-13-11-17(23-18(13)19(22)21-9-2-3-10-21)15-7-6-14-5-4-8-20-16(14)12-15/h6-7,11-12,20H,2-5,8-10H2,1H3. The zero-order valence-electron chi connectivity index (χ0n) is 13.5. The third-order valence-electron chi connectivity index (χ3n) is 4.84. The third kappa shape index (κ3) is 2.76. The average Bonchev–Trinajstić information content (AvgIpc) is 3.23. The molecule has 0 spiro atoms. The Kier molecular flexibility index (Phi) is 3.85. The molecule has 23 heavy (non-hydrogen) atoms. The van der Waals surface area contributed by atoms with E-state index in [4.69, 9.17) is 0 Å². The summed E-state index contributed by atoms with van der Waals surface area (Å²) in [4.78, 5) is 16.8. The maximum atomic E-state index is 12.7. The third-order valence-corrected chi connectivity index (χ3v) is 6.11. The molecule has 4 heteroatoms. The molecule has 0 bridgehead atoms. The van der Waals surface area contributed by atoms with Gasteiger partial charge in [0.1, 0.15) is 0 Å². The lowest BCUT2D eigenvalue weighted by atomic mass is 10.0. The van der Waals surface area contributed by atoms with Gasteiger partial charge in [0, 0.05) is 30.2 Å². The highest BCUT2D eigenvalue weighted by molar-refractivity contribution is 7.17. The van der Waals surface area contributed by atoms with E-state index in [1.807, 2.05) is 4.90 Å². The Labute approximate surface area is 141 Å². The van der Waals surface area contributed by atoms with Gasteiger partial charge >= 0.3 is 0 Å². The molecular formula is C19H22N2OS. The lowest BCUT2D eigenvalue weighted by molar-refractivity contribution is 0.0797. The summed E-state index contributed by atoms with van der Waals surface area (Å²) in [5.41, 5.74) is 4.98. The van der Waals surface area contributed by atoms with E-state index in [0.29, 0.717) is 0 Å². The molecule has 0 radical (unpaired) electrons. The van der Waals surface area contributed by atoms with Gasteiger partial charge in [0.05, 0.1) is 4.88 Å². The molecule has 2 aliphatic heterocycles. The van der Waals surface area contributed by atoms with Crippen LogP contribution in [0.1, 0.15) is 40.1 Å². The van der Waals surface area contributed by atoms with Crippen LogP contribution in [0.5, 0.6) is 0 Å². The van der Waals surface area contributed by atoms with Gasteiger partial charge in [0.15, 0.2) is 0 Å². The lowest BCUT2D eigenvalue weighted by Gasteiger charge is -2.18. The van der Waals surface area contributed by atoms with Crippen LogP contribution in [0.4, 0.5) is 5.69 Å². The second-order valence-electron chi connectivity index (χ2n) is 6.52. The first-order valence-corrected chi connectivity index (χ1v) is 9.31.